The van der Waals surface area contributed by atoms with E-state index in [2.05, 4.69) is 13.5 Å². The van der Waals surface area contributed by atoms with Crippen LogP contribution in [0.15, 0.2) is 42.5 Å². The fourth-order valence-electron chi connectivity index (χ4n) is 1.61. The second-order valence-electron chi connectivity index (χ2n) is 4.05. The van der Waals surface area contributed by atoms with E-state index in [0.717, 1.165) is 24.1 Å². The molecule has 0 bridgehead atoms. The zero-order chi connectivity index (χ0) is 12.0. The van der Waals surface area contributed by atoms with Crippen LogP contribution in [0, 0.1) is 0 Å². The van der Waals surface area contributed by atoms with Crippen LogP contribution in [-0.4, -0.2) is 23.9 Å². The molecule has 0 saturated carbocycles. The van der Waals surface area contributed by atoms with Gasteiger partial charge in [0.15, 0.2) is 0 Å². The molecule has 0 N–H and O–H groups in total. The van der Waals surface area contributed by atoms with Gasteiger partial charge in [-0.2, -0.15) is 0 Å². The molecule has 2 nitrogen and oxygen atoms in total. The number of carbonyl (C=O) groups excluding carboxylic acids is 1. The van der Waals surface area contributed by atoms with Gasteiger partial charge in [0.1, 0.15) is 0 Å². The van der Waals surface area contributed by atoms with Gasteiger partial charge in [-0.15, -0.1) is 0 Å². The lowest BCUT2D eigenvalue weighted by molar-refractivity contribution is 0.0770. The summed E-state index contributed by atoms with van der Waals surface area (Å²) in [5.74, 6) is 0.0884. The van der Waals surface area contributed by atoms with Crippen molar-refractivity contribution in [2.75, 3.05) is 13.1 Å². The molecule has 0 saturated heterocycles. The minimum atomic E-state index is 0.0884. The summed E-state index contributed by atoms with van der Waals surface area (Å²) in [4.78, 5) is 14.0. The van der Waals surface area contributed by atoms with E-state index in [0.29, 0.717) is 6.54 Å². The number of hydrogen-bond donors (Lipinski definition) is 0. The van der Waals surface area contributed by atoms with Crippen LogP contribution in [0.2, 0.25) is 0 Å². The quantitative estimate of drug-likeness (QED) is 0.694. The highest BCUT2D eigenvalue weighted by Gasteiger charge is 2.13. The molecule has 0 unspecified atom stereocenters. The van der Waals surface area contributed by atoms with Crippen molar-refractivity contribution in [2.24, 2.45) is 0 Å². The Morgan fingerprint density at radius 1 is 1.31 bits per heavy atom. The molecule has 86 valence electrons. The predicted octanol–water partition coefficient (Wildman–Crippen LogP) is 3.11. The minimum Gasteiger partial charge on any atom is -0.335 e. The Hall–Kier alpha value is -1.57. The Balaban J connectivity index is 2.78. The van der Waals surface area contributed by atoms with Gasteiger partial charge in [-0.3, -0.25) is 4.79 Å². The van der Waals surface area contributed by atoms with Crippen molar-refractivity contribution >= 4 is 5.91 Å². The van der Waals surface area contributed by atoms with E-state index in [1.165, 1.54) is 0 Å². The molecule has 1 rings (SSSR count). The molecule has 0 atom stereocenters. The third-order valence-electron chi connectivity index (χ3n) is 2.26. The molecule has 0 aliphatic rings. The summed E-state index contributed by atoms with van der Waals surface area (Å²) in [6.07, 6.45) is 0.964. The Bertz CT molecular complexity index is 356. The van der Waals surface area contributed by atoms with Crippen LogP contribution < -0.4 is 0 Å². The van der Waals surface area contributed by atoms with Crippen molar-refractivity contribution in [3.63, 3.8) is 0 Å². The Labute approximate surface area is 97.6 Å². The van der Waals surface area contributed by atoms with Crippen LogP contribution in [0.5, 0.6) is 0 Å². The van der Waals surface area contributed by atoms with Gasteiger partial charge in [-0.25, -0.2) is 0 Å². The van der Waals surface area contributed by atoms with Crippen LogP contribution in [0.3, 0.4) is 0 Å². The maximum absolute atomic E-state index is 12.2. The van der Waals surface area contributed by atoms with E-state index in [9.17, 15) is 4.79 Å². The average molecular weight is 217 g/mol. The van der Waals surface area contributed by atoms with E-state index in [1.807, 2.05) is 42.2 Å². The first-order chi connectivity index (χ1) is 7.65. The Morgan fingerprint density at radius 2 is 1.94 bits per heavy atom. The van der Waals surface area contributed by atoms with Gasteiger partial charge in [0, 0.05) is 18.7 Å². The van der Waals surface area contributed by atoms with E-state index >= 15 is 0 Å². The average Bonchev–Trinajstić information content (AvgIpc) is 2.28. The van der Waals surface area contributed by atoms with Crippen molar-refractivity contribution in [3.05, 3.63) is 48.0 Å². The number of rotatable bonds is 5. The molecule has 1 aromatic rings. The largest absolute Gasteiger partial charge is 0.335 e. The van der Waals surface area contributed by atoms with Gasteiger partial charge in [-0.05, 0) is 25.5 Å². The zero-order valence-electron chi connectivity index (χ0n) is 10.1. The summed E-state index contributed by atoms with van der Waals surface area (Å²) >= 11 is 0. The zero-order valence-corrected chi connectivity index (χ0v) is 10.1. The molecule has 0 aliphatic carbocycles. The second-order valence-corrected chi connectivity index (χ2v) is 4.05. The number of benzene rings is 1. The minimum absolute atomic E-state index is 0.0884. The SMILES string of the molecule is C=C(C)CN(CCC)C(=O)c1ccccc1. The molecule has 0 heterocycles. The summed E-state index contributed by atoms with van der Waals surface area (Å²) in [7, 11) is 0. The standard InChI is InChI=1S/C14H19NO/c1-4-10-15(11-12(2)3)14(16)13-8-6-5-7-9-13/h5-9H,2,4,10-11H2,1,3H3. The lowest BCUT2D eigenvalue weighted by atomic mass is 10.2. The number of carbonyl (C=O) groups is 1. The Morgan fingerprint density at radius 3 is 2.44 bits per heavy atom. The van der Waals surface area contributed by atoms with Crippen molar-refractivity contribution in [1.29, 1.82) is 0 Å². The Kier molecular flexibility index (Phi) is 4.77. The topological polar surface area (TPSA) is 20.3 Å². The van der Waals surface area contributed by atoms with Crippen molar-refractivity contribution in [2.45, 2.75) is 20.3 Å². The summed E-state index contributed by atoms with van der Waals surface area (Å²) in [5, 5.41) is 0. The van der Waals surface area contributed by atoms with E-state index in [1.54, 1.807) is 0 Å². The number of hydrogen-bond acceptors (Lipinski definition) is 1. The number of amides is 1. The molecule has 0 aromatic heterocycles. The first kappa shape index (κ1) is 12.5. The van der Waals surface area contributed by atoms with Gasteiger partial charge >= 0.3 is 0 Å². The summed E-state index contributed by atoms with van der Waals surface area (Å²) in [5.41, 5.74) is 1.76. The van der Waals surface area contributed by atoms with Gasteiger partial charge < -0.3 is 4.90 Å². The maximum Gasteiger partial charge on any atom is 0.254 e. The second kappa shape index (κ2) is 6.11. The van der Waals surface area contributed by atoms with Crippen LogP contribution in [0.4, 0.5) is 0 Å². The van der Waals surface area contributed by atoms with E-state index < -0.39 is 0 Å². The predicted molar refractivity (Wildman–Crippen MR) is 67.5 cm³/mol. The fourth-order valence-corrected chi connectivity index (χ4v) is 1.61. The highest BCUT2D eigenvalue weighted by molar-refractivity contribution is 5.94. The summed E-state index contributed by atoms with van der Waals surface area (Å²) < 4.78 is 0. The molecular formula is C14H19NO. The van der Waals surface area contributed by atoms with E-state index in [-0.39, 0.29) is 5.91 Å². The fraction of sp³-hybridized carbons (Fsp3) is 0.357. The third-order valence-corrected chi connectivity index (χ3v) is 2.26. The smallest absolute Gasteiger partial charge is 0.254 e. The van der Waals surface area contributed by atoms with Crippen molar-refractivity contribution in [1.82, 2.24) is 4.90 Å². The highest BCUT2D eigenvalue weighted by Crippen LogP contribution is 2.07. The van der Waals surface area contributed by atoms with Gasteiger partial charge in [0.25, 0.3) is 5.91 Å². The van der Waals surface area contributed by atoms with Crippen molar-refractivity contribution < 1.29 is 4.79 Å². The number of nitrogens with zero attached hydrogens (tertiary/aromatic N) is 1. The molecule has 2 heteroatoms. The van der Waals surface area contributed by atoms with Crippen LogP contribution in [0.1, 0.15) is 30.6 Å². The molecule has 0 aliphatic heterocycles. The molecule has 0 spiro atoms. The van der Waals surface area contributed by atoms with Gasteiger partial charge in [0.05, 0.1) is 0 Å². The normalized spacial score (nSPS) is 9.88. The molecule has 0 fully saturated rings. The van der Waals surface area contributed by atoms with Crippen LogP contribution in [-0.2, 0) is 0 Å². The van der Waals surface area contributed by atoms with Crippen LogP contribution >= 0.6 is 0 Å². The van der Waals surface area contributed by atoms with Gasteiger partial charge in [-0.1, -0.05) is 37.3 Å². The van der Waals surface area contributed by atoms with Gasteiger partial charge in [0.2, 0.25) is 0 Å². The van der Waals surface area contributed by atoms with Crippen molar-refractivity contribution in [3.8, 4) is 0 Å². The van der Waals surface area contributed by atoms with E-state index in [4.69, 9.17) is 0 Å². The van der Waals surface area contributed by atoms with Crippen LogP contribution in [0.25, 0.3) is 0 Å². The molecule has 1 aromatic carbocycles. The molecular weight excluding hydrogens is 198 g/mol. The monoisotopic (exact) mass is 217 g/mol. The summed E-state index contributed by atoms with van der Waals surface area (Å²) in [6.45, 7) is 9.30. The lowest BCUT2D eigenvalue weighted by Crippen LogP contribution is -2.33. The molecule has 16 heavy (non-hydrogen) atoms. The highest BCUT2D eigenvalue weighted by atomic mass is 16.2. The first-order valence-corrected chi connectivity index (χ1v) is 5.64. The maximum atomic E-state index is 12.2. The molecule has 1 amide bonds. The molecule has 0 radical (unpaired) electrons. The summed E-state index contributed by atoms with van der Waals surface area (Å²) in [6, 6.07) is 9.39. The third kappa shape index (κ3) is 3.54. The first-order valence-electron chi connectivity index (χ1n) is 5.64. The lowest BCUT2D eigenvalue weighted by Gasteiger charge is -2.22.